The molecule has 0 saturated carbocycles. The molecule has 0 fully saturated rings. The third kappa shape index (κ3) is 6.14. The minimum absolute atomic E-state index is 0.131. The van der Waals surface area contributed by atoms with E-state index in [0.717, 1.165) is 6.07 Å². The Balaban J connectivity index is 1.62. The number of esters is 1. The van der Waals surface area contributed by atoms with E-state index in [1.807, 2.05) is 5.43 Å². The van der Waals surface area contributed by atoms with Gasteiger partial charge in [0.2, 0.25) is 0 Å². The van der Waals surface area contributed by atoms with Gasteiger partial charge in [0.1, 0.15) is 5.82 Å². The molecule has 0 atom stereocenters. The molecule has 0 aliphatic heterocycles. The number of hydrogen-bond donors (Lipinski definition) is 2. The normalized spacial score (nSPS) is 10.5. The number of carbonyl (C=O) groups is 3. The molecule has 2 N–H and O–H groups in total. The lowest BCUT2D eigenvalue weighted by Gasteiger charge is -2.10. The van der Waals surface area contributed by atoms with Crippen LogP contribution in [0.15, 0.2) is 71.8 Å². The molecule has 0 bridgehead atoms. The molecule has 168 valence electrons. The van der Waals surface area contributed by atoms with Crippen molar-refractivity contribution in [3.8, 4) is 11.5 Å². The molecule has 3 aromatic rings. The maximum Gasteiger partial charge on any atom is 0.345 e. The summed E-state index contributed by atoms with van der Waals surface area (Å²) in [5.74, 6) is -3.14. The maximum atomic E-state index is 13.6. The van der Waals surface area contributed by atoms with Gasteiger partial charge in [0.05, 0.1) is 29.6 Å². The first-order valence-corrected chi connectivity index (χ1v) is 9.80. The van der Waals surface area contributed by atoms with E-state index < -0.39 is 23.6 Å². The molecule has 3 rings (SSSR count). The van der Waals surface area contributed by atoms with Crippen LogP contribution in [0.25, 0.3) is 0 Å². The molecule has 2 amide bonds. The van der Waals surface area contributed by atoms with E-state index >= 15 is 0 Å². The number of benzene rings is 3. The van der Waals surface area contributed by atoms with Crippen molar-refractivity contribution in [1.29, 1.82) is 0 Å². The molecular weight excluding hydrogens is 453 g/mol. The van der Waals surface area contributed by atoms with Crippen molar-refractivity contribution in [3.05, 3.63) is 88.7 Å². The summed E-state index contributed by atoms with van der Waals surface area (Å²) < 4.78 is 24.2. The monoisotopic (exact) mass is 469 g/mol. The van der Waals surface area contributed by atoms with Gasteiger partial charge < -0.3 is 14.8 Å². The number of anilines is 1. The summed E-state index contributed by atoms with van der Waals surface area (Å²) in [6, 6.07) is 16.4. The molecule has 0 aromatic heterocycles. The number of carbonyl (C=O) groups excluding carboxylic acids is 3. The second-order valence-corrected chi connectivity index (χ2v) is 6.82. The van der Waals surface area contributed by atoms with Crippen molar-refractivity contribution < 1.29 is 28.2 Å². The van der Waals surface area contributed by atoms with Gasteiger partial charge in [-0.2, -0.15) is 5.10 Å². The van der Waals surface area contributed by atoms with E-state index in [4.69, 9.17) is 21.1 Å². The van der Waals surface area contributed by atoms with E-state index in [2.05, 4.69) is 10.4 Å². The van der Waals surface area contributed by atoms with Crippen LogP contribution in [-0.4, -0.2) is 31.1 Å². The lowest BCUT2D eigenvalue weighted by molar-refractivity contribution is -0.136. The second kappa shape index (κ2) is 10.9. The van der Waals surface area contributed by atoms with Crippen LogP contribution in [0.2, 0.25) is 5.02 Å². The Morgan fingerprint density at radius 1 is 0.970 bits per heavy atom. The molecule has 0 aliphatic rings. The lowest BCUT2D eigenvalue weighted by Crippen LogP contribution is -2.32. The number of nitrogens with one attached hydrogen (secondary N) is 2. The molecule has 0 heterocycles. The zero-order valence-electron chi connectivity index (χ0n) is 17.2. The smallest absolute Gasteiger partial charge is 0.345 e. The number of halogens is 2. The van der Waals surface area contributed by atoms with Crippen molar-refractivity contribution in [1.82, 2.24) is 5.43 Å². The van der Waals surface area contributed by atoms with Gasteiger partial charge in [-0.1, -0.05) is 35.9 Å². The maximum absolute atomic E-state index is 13.6. The molecule has 0 saturated heterocycles. The highest BCUT2D eigenvalue weighted by Crippen LogP contribution is 2.29. The SMILES string of the molecule is COc1cc(/C=N/NC(=O)C(=O)Nc2ccccc2F)ccc1OC(=O)c1ccccc1Cl. The van der Waals surface area contributed by atoms with Gasteiger partial charge in [-0.25, -0.2) is 14.6 Å². The Bertz CT molecular complexity index is 1230. The number of para-hydroxylation sites is 1. The highest BCUT2D eigenvalue weighted by Gasteiger charge is 2.16. The fourth-order valence-corrected chi connectivity index (χ4v) is 2.80. The van der Waals surface area contributed by atoms with Gasteiger partial charge in [-0.05, 0) is 48.0 Å². The quantitative estimate of drug-likeness (QED) is 0.188. The van der Waals surface area contributed by atoms with E-state index in [1.54, 1.807) is 24.3 Å². The summed E-state index contributed by atoms with van der Waals surface area (Å²) in [6.07, 6.45) is 1.25. The first-order chi connectivity index (χ1) is 15.9. The van der Waals surface area contributed by atoms with Crippen LogP contribution in [0.5, 0.6) is 11.5 Å². The van der Waals surface area contributed by atoms with Crippen LogP contribution in [0.1, 0.15) is 15.9 Å². The Labute approximate surface area is 193 Å². The van der Waals surface area contributed by atoms with Crippen LogP contribution >= 0.6 is 11.6 Å². The van der Waals surface area contributed by atoms with Crippen LogP contribution < -0.4 is 20.2 Å². The molecular formula is C23H17ClFN3O5. The van der Waals surface area contributed by atoms with E-state index in [9.17, 15) is 18.8 Å². The number of rotatable bonds is 6. The van der Waals surface area contributed by atoms with Crippen LogP contribution in [0.3, 0.4) is 0 Å². The average molecular weight is 470 g/mol. The first kappa shape index (κ1) is 23.4. The van der Waals surface area contributed by atoms with Crippen molar-refractivity contribution >= 4 is 41.3 Å². The highest BCUT2D eigenvalue weighted by molar-refractivity contribution is 6.39. The largest absolute Gasteiger partial charge is 0.493 e. The van der Waals surface area contributed by atoms with Crippen molar-refractivity contribution in [3.63, 3.8) is 0 Å². The predicted octanol–water partition coefficient (Wildman–Crippen LogP) is 3.80. The number of methoxy groups -OCH3 is 1. The Morgan fingerprint density at radius 2 is 1.70 bits per heavy atom. The Morgan fingerprint density at radius 3 is 2.42 bits per heavy atom. The number of nitrogens with zero attached hydrogens (tertiary/aromatic N) is 1. The third-order valence-electron chi connectivity index (χ3n) is 4.19. The summed E-state index contributed by atoms with van der Waals surface area (Å²) in [7, 11) is 1.39. The van der Waals surface area contributed by atoms with E-state index in [1.165, 1.54) is 49.7 Å². The van der Waals surface area contributed by atoms with Crippen LogP contribution in [-0.2, 0) is 9.59 Å². The summed E-state index contributed by atoms with van der Waals surface area (Å²) in [4.78, 5) is 36.1. The van der Waals surface area contributed by atoms with Gasteiger partial charge in [-0.3, -0.25) is 9.59 Å². The number of hydrazone groups is 1. The van der Waals surface area contributed by atoms with Crippen LogP contribution in [0.4, 0.5) is 10.1 Å². The van der Waals surface area contributed by atoms with Gasteiger partial charge in [-0.15, -0.1) is 0 Å². The van der Waals surface area contributed by atoms with Gasteiger partial charge in [0.25, 0.3) is 0 Å². The van der Waals surface area contributed by atoms with Crippen LogP contribution in [0, 0.1) is 5.82 Å². The predicted molar refractivity (Wildman–Crippen MR) is 120 cm³/mol. The van der Waals surface area contributed by atoms with Crippen molar-refractivity contribution in [2.45, 2.75) is 0 Å². The number of amides is 2. The Hall–Kier alpha value is -4.24. The van der Waals surface area contributed by atoms with E-state index in [0.29, 0.717) is 5.56 Å². The molecule has 8 nitrogen and oxygen atoms in total. The second-order valence-electron chi connectivity index (χ2n) is 6.41. The molecule has 33 heavy (non-hydrogen) atoms. The summed E-state index contributed by atoms with van der Waals surface area (Å²) in [5, 5.41) is 6.08. The summed E-state index contributed by atoms with van der Waals surface area (Å²) >= 11 is 6.01. The number of hydrogen-bond acceptors (Lipinski definition) is 6. The molecule has 0 spiro atoms. The fraction of sp³-hybridized carbons (Fsp3) is 0.0435. The highest BCUT2D eigenvalue weighted by atomic mass is 35.5. The summed E-state index contributed by atoms with van der Waals surface area (Å²) in [6.45, 7) is 0. The van der Waals surface area contributed by atoms with E-state index in [-0.39, 0.29) is 27.8 Å². The summed E-state index contributed by atoms with van der Waals surface area (Å²) in [5.41, 5.74) is 2.58. The van der Waals surface area contributed by atoms with Crippen molar-refractivity contribution in [2.75, 3.05) is 12.4 Å². The molecule has 0 unspecified atom stereocenters. The Kier molecular flexibility index (Phi) is 7.72. The standard InChI is InChI=1S/C23H17ClFN3O5/c1-32-20-12-14(10-11-19(20)33-23(31)15-6-2-3-7-16(15)24)13-26-28-22(30)21(29)27-18-9-5-4-8-17(18)25/h2-13H,1H3,(H,27,29)(H,28,30)/b26-13+. The topological polar surface area (TPSA) is 106 Å². The molecule has 3 aromatic carbocycles. The first-order valence-electron chi connectivity index (χ1n) is 9.42. The molecule has 10 heteroatoms. The number of ether oxygens (including phenoxy) is 2. The minimum Gasteiger partial charge on any atom is -0.493 e. The third-order valence-corrected chi connectivity index (χ3v) is 4.52. The molecule has 0 radical (unpaired) electrons. The fourth-order valence-electron chi connectivity index (χ4n) is 2.59. The van der Waals surface area contributed by atoms with Crippen molar-refractivity contribution in [2.24, 2.45) is 5.10 Å². The lowest BCUT2D eigenvalue weighted by atomic mass is 10.2. The zero-order valence-corrected chi connectivity index (χ0v) is 17.9. The van der Waals surface area contributed by atoms with Gasteiger partial charge >= 0.3 is 17.8 Å². The van der Waals surface area contributed by atoms with Gasteiger partial charge in [0, 0.05) is 0 Å². The van der Waals surface area contributed by atoms with Gasteiger partial charge in [0.15, 0.2) is 11.5 Å². The average Bonchev–Trinajstić information content (AvgIpc) is 2.81. The molecule has 0 aliphatic carbocycles. The zero-order chi connectivity index (χ0) is 23.8. The minimum atomic E-state index is -1.09.